The average Bonchev–Trinajstić information content (AvgIpc) is 3.36. The Morgan fingerprint density at radius 3 is 0.647 bits per heavy atom. The molecule has 0 atom stereocenters. The summed E-state index contributed by atoms with van der Waals surface area (Å²) in [6, 6.07) is 81.1. The molecule has 0 bridgehead atoms. The Bertz CT molecular complexity index is 2730. The monoisotopic (exact) mass is 958 g/mol. The summed E-state index contributed by atoms with van der Waals surface area (Å²) in [5, 5.41) is 0. The summed E-state index contributed by atoms with van der Waals surface area (Å²) in [5.74, 6) is 2.69. The molecule has 0 aliphatic rings. The summed E-state index contributed by atoms with van der Waals surface area (Å²) in [4.78, 5) is 0. The Morgan fingerprint density at radius 2 is 0.426 bits per heavy atom. The second-order valence-electron chi connectivity index (χ2n) is 14.6. The first-order chi connectivity index (χ1) is 33.4. The molecule has 0 spiro atoms. The third-order valence-corrected chi connectivity index (χ3v) is 17.5. The molecule has 9 aromatic carbocycles. The van der Waals surface area contributed by atoms with Gasteiger partial charge in [-0.15, -0.1) is 0 Å². The molecule has 0 amide bonds. The van der Waals surface area contributed by atoms with Gasteiger partial charge in [-0.1, -0.05) is 0 Å². The molecular weight excluding hydrogens is 914 g/mol. The molecule has 11 nitrogen and oxygen atoms in total. The van der Waals surface area contributed by atoms with Crippen LogP contribution in [0, 0.1) is 0 Å². The fourth-order valence-corrected chi connectivity index (χ4v) is 15.3. The number of nitrogens with zero attached hydrogens (tertiary/aromatic N) is 2. The quantitative estimate of drug-likeness (QED) is 0.0690. The van der Waals surface area contributed by atoms with Gasteiger partial charge in [-0.25, -0.2) is 0 Å². The van der Waals surface area contributed by atoms with Crippen molar-refractivity contribution >= 4 is 23.1 Å². The van der Waals surface area contributed by atoms with Crippen molar-refractivity contribution in [1.29, 1.82) is 0 Å². The van der Waals surface area contributed by atoms with E-state index in [2.05, 4.69) is 0 Å². The molecule has 0 N–H and O–H groups in total. The molecule has 9 aromatic rings. The number of benzene rings is 9. The SMILES string of the molecule is c1ccc(OP(=NP(Oc2ccccc2)(Oc2ccccc2)(Oc2ccccc2)Oc2ccccc2)(N=P(Oc2ccccc2)(Oc2ccccc2)Oc2ccccc2)Oc2ccccc2)cc1. The number of rotatable bonds is 20. The van der Waals surface area contributed by atoms with E-state index in [0.29, 0.717) is 17.2 Å². The fraction of sp³-hybridized carbons (Fsp3) is 0. The van der Waals surface area contributed by atoms with E-state index in [9.17, 15) is 0 Å². The molecule has 0 unspecified atom stereocenters. The standard InChI is InChI=1S/C54H45N2O9P3/c1-10-28-46(29-11-1)57-66(58-47-30-12-2-13-31-47,55-67(59-48-32-14-3-15-33-48,60-49-34-16-4-17-35-49)61-50-36-18-5-19-37-50)56-68(62-51-38-20-6-21-39-51,63-52-40-22-7-23-41-52,64-53-42-24-8-25-43-53)65-54-44-26-9-27-45-54/h1-45H. The van der Waals surface area contributed by atoms with Crippen molar-refractivity contribution in [2.24, 2.45) is 9.03 Å². The van der Waals surface area contributed by atoms with Gasteiger partial charge in [0.05, 0.1) is 0 Å². The predicted molar refractivity (Wildman–Crippen MR) is 269 cm³/mol. The fourth-order valence-electron chi connectivity index (χ4n) is 6.44. The zero-order valence-corrected chi connectivity index (χ0v) is 39.1. The van der Waals surface area contributed by atoms with E-state index in [1.165, 1.54) is 0 Å². The summed E-state index contributed by atoms with van der Waals surface area (Å²) in [6.07, 6.45) is 0. The van der Waals surface area contributed by atoms with Gasteiger partial charge in [-0.2, -0.15) is 0 Å². The first-order valence-corrected chi connectivity index (χ1v) is 26.4. The van der Waals surface area contributed by atoms with Crippen LogP contribution in [0.2, 0.25) is 0 Å². The van der Waals surface area contributed by atoms with E-state index in [1.807, 2.05) is 164 Å². The van der Waals surface area contributed by atoms with Crippen molar-refractivity contribution in [2.45, 2.75) is 0 Å². The Hall–Kier alpha value is -7.93. The van der Waals surface area contributed by atoms with Crippen LogP contribution < -0.4 is 40.7 Å². The normalized spacial score (nSPS) is 11.9. The third-order valence-electron chi connectivity index (χ3n) is 9.31. The van der Waals surface area contributed by atoms with Crippen LogP contribution in [0.3, 0.4) is 0 Å². The van der Waals surface area contributed by atoms with Gasteiger partial charge in [-0.3, -0.25) is 0 Å². The summed E-state index contributed by atoms with van der Waals surface area (Å²) >= 11 is 0. The van der Waals surface area contributed by atoms with Gasteiger partial charge >= 0.3 is 398 Å². The van der Waals surface area contributed by atoms with Crippen molar-refractivity contribution in [3.05, 3.63) is 273 Å². The minimum absolute atomic E-state index is 0.261. The molecule has 14 heteroatoms. The predicted octanol–water partition coefficient (Wildman–Crippen LogP) is 16.7. The maximum atomic E-state index is 7.30. The molecule has 9 rings (SSSR count). The summed E-state index contributed by atoms with van der Waals surface area (Å²) < 4.78 is 76.0. The van der Waals surface area contributed by atoms with E-state index in [4.69, 9.17) is 49.7 Å². The molecule has 0 radical (unpaired) electrons. The van der Waals surface area contributed by atoms with Gasteiger partial charge in [0.25, 0.3) is 0 Å². The summed E-state index contributed by atoms with van der Waals surface area (Å²) in [6.45, 7) is 0. The van der Waals surface area contributed by atoms with Crippen LogP contribution in [0.15, 0.2) is 282 Å². The molecule has 0 fully saturated rings. The molecule has 0 saturated heterocycles. The first-order valence-electron chi connectivity index (χ1n) is 21.5. The van der Waals surface area contributed by atoms with Crippen molar-refractivity contribution in [3.8, 4) is 51.7 Å². The van der Waals surface area contributed by atoms with Crippen LogP contribution in [0.5, 0.6) is 51.7 Å². The molecule has 0 aliphatic heterocycles. The molecular formula is C54H45N2O9P3. The van der Waals surface area contributed by atoms with Gasteiger partial charge in [-0.05, 0) is 0 Å². The van der Waals surface area contributed by atoms with Crippen LogP contribution >= 0.6 is 23.1 Å². The molecule has 340 valence electrons. The first kappa shape index (κ1) is 45.2. The number of para-hydroxylation sites is 9. The minimum atomic E-state index is -6.00. The van der Waals surface area contributed by atoms with Gasteiger partial charge in [0.2, 0.25) is 0 Å². The Morgan fingerprint density at radius 1 is 0.235 bits per heavy atom. The summed E-state index contributed by atoms with van der Waals surface area (Å²) in [5.41, 5.74) is 0. The van der Waals surface area contributed by atoms with E-state index in [-0.39, 0.29) is 34.5 Å². The third kappa shape index (κ3) is 11.9. The number of hydrogen-bond acceptors (Lipinski definition) is 10. The van der Waals surface area contributed by atoms with Gasteiger partial charge in [0, 0.05) is 0 Å². The van der Waals surface area contributed by atoms with E-state index in [0.717, 1.165) is 0 Å². The van der Waals surface area contributed by atoms with Crippen molar-refractivity contribution in [1.82, 2.24) is 0 Å². The van der Waals surface area contributed by atoms with Crippen molar-refractivity contribution < 1.29 is 40.7 Å². The van der Waals surface area contributed by atoms with Crippen LogP contribution in [-0.2, 0) is 0 Å². The maximum absolute atomic E-state index is 7.30. The molecule has 0 aromatic heterocycles. The van der Waals surface area contributed by atoms with Crippen molar-refractivity contribution in [3.63, 3.8) is 0 Å². The molecule has 0 aliphatic carbocycles. The molecule has 68 heavy (non-hydrogen) atoms. The second kappa shape index (κ2) is 21.1. The number of hydrogen-bond donors (Lipinski definition) is 0. The Balaban J connectivity index is 1.49. The topological polar surface area (TPSA) is 108 Å². The zero-order chi connectivity index (χ0) is 46.2. The molecule has 0 heterocycles. The van der Waals surface area contributed by atoms with Crippen molar-refractivity contribution in [2.75, 3.05) is 0 Å². The average molecular weight is 959 g/mol. The summed E-state index contributed by atoms with van der Waals surface area (Å²) in [7, 11) is -15.1. The van der Waals surface area contributed by atoms with E-state index in [1.54, 1.807) is 109 Å². The zero-order valence-electron chi connectivity index (χ0n) is 36.4. The Kier molecular flexibility index (Phi) is 14.1. The molecule has 0 saturated carbocycles. The Labute approximate surface area is 395 Å². The van der Waals surface area contributed by atoms with E-state index < -0.39 is 23.1 Å². The van der Waals surface area contributed by atoms with Crippen LogP contribution in [0.4, 0.5) is 0 Å². The van der Waals surface area contributed by atoms with Crippen LogP contribution in [0.1, 0.15) is 0 Å². The van der Waals surface area contributed by atoms with Gasteiger partial charge in [0.1, 0.15) is 0 Å². The van der Waals surface area contributed by atoms with E-state index >= 15 is 0 Å². The van der Waals surface area contributed by atoms with Crippen LogP contribution in [-0.4, -0.2) is 0 Å². The second-order valence-corrected chi connectivity index (χ2v) is 21.1. The van der Waals surface area contributed by atoms with Crippen LogP contribution in [0.25, 0.3) is 0 Å². The van der Waals surface area contributed by atoms with Gasteiger partial charge in [0.15, 0.2) is 0 Å². The van der Waals surface area contributed by atoms with Gasteiger partial charge < -0.3 is 0 Å².